The van der Waals surface area contributed by atoms with E-state index < -0.39 is 11.5 Å². The lowest BCUT2D eigenvalue weighted by Crippen LogP contribution is -2.42. The summed E-state index contributed by atoms with van der Waals surface area (Å²) in [5.41, 5.74) is 2.44. The summed E-state index contributed by atoms with van der Waals surface area (Å²) in [5, 5.41) is 0. The number of methoxy groups -OCH3 is 1. The van der Waals surface area contributed by atoms with Crippen LogP contribution in [-0.2, 0) is 16.8 Å². The molecular formula is C23H22BrNO3. The molecule has 2 aromatic carbocycles. The van der Waals surface area contributed by atoms with Crippen molar-refractivity contribution in [2.75, 3.05) is 7.11 Å². The van der Waals surface area contributed by atoms with E-state index in [1.807, 2.05) is 41.3 Å². The van der Waals surface area contributed by atoms with Crippen LogP contribution >= 0.6 is 15.9 Å². The second-order valence-corrected chi connectivity index (χ2v) is 7.71. The standard InChI is InChI=1S/C23H22BrNO3/c1-4-11-23(12-5-2)20-10-9-18(24)14-19(20)21(26)25(23)15-16-7-6-8-17(13-16)22(27)28-3/h4-10,13-14H,1-2,11-12,15H2,3H3. The highest BCUT2D eigenvalue weighted by molar-refractivity contribution is 9.10. The number of amides is 1. The van der Waals surface area contributed by atoms with Crippen molar-refractivity contribution in [1.29, 1.82) is 0 Å². The summed E-state index contributed by atoms with van der Waals surface area (Å²) in [6.45, 7) is 8.20. The highest BCUT2D eigenvalue weighted by Gasteiger charge is 2.47. The third-order valence-electron chi connectivity index (χ3n) is 5.13. The van der Waals surface area contributed by atoms with Crippen LogP contribution in [0.1, 0.15) is 44.7 Å². The minimum atomic E-state index is -0.544. The highest BCUT2D eigenvalue weighted by atomic mass is 79.9. The van der Waals surface area contributed by atoms with Gasteiger partial charge in [0.25, 0.3) is 5.91 Å². The average Bonchev–Trinajstić information content (AvgIpc) is 2.90. The molecule has 0 bridgehead atoms. The normalized spacial score (nSPS) is 14.5. The van der Waals surface area contributed by atoms with Crippen LogP contribution in [0.3, 0.4) is 0 Å². The first kappa shape index (κ1) is 20.1. The zero-order valence-corrected chi connectivity index (χ0v) is 17.4. The number of hydrogen-bond acceptors (Lipinski definition) is 3. The molecule has 1 aliphatic heterocycles. The molecule has 1 amide bonds. The van der Waals surface area contributed by atoms with Gasteiger partial charge in [-0.1, -0.05) is 46.3 Å². The van der Waals surface area contributed by atoms with Crippen LogP contribution in [0, 0.1) is 0 Å². The maximum absolute atomic E-state index is 13.3. The molecule has 1 aliphatic rings. The molecule has 4 nitrogen and oxygen atoms in total. The van der Waals surface area contributed by atoms with E-state index >= 15 is 0 Å². The van der Waals surface area contributed by atoms with Crippen molar-refractivity contribution in [2.45, 2.75) is 24.9 Å². The topological polar surface area (TPSA) is 46.6 Å². The van der Waals surface area contributed by atoms with Gasteiger partial charge in [-0.3, -0.25) is 4.79 Å². The van der Waals surface area contributed by atoms with E-state index in [9.17, 15) is 9.59 Å². The van der Waals surface area contributed by atoms with Gasteiger partial charge in [0.05, 0.1) is 18.2 Å². The number of carbonyl (C=O) groups excluding carboxylic acids is 2. The number of nitrogens with zero attached hydrogens (tertiary/aromatic N) is 1. The summed E-state index contributed by atoms with van der Waals surface area (Å²) < 4.78 is 5.67. The van der Waals surface area contributed by atoms with Gasteiger partial charge in [-0.2, -0.15) is 0 Å². The maximum Gasteiger partial charge on any atom is 0.337 e. The first-order chi connectivity index (χ1) is 13.5. The van der Waals surface area contributed by atoms with Gasteiger partial charge in [-0.25, -0.2) is 4.79 Å². The summed E-state index contributed by atoms with van der Waals surface area (Å²) in [6, 6.07) is 13.0. The highest BCUT2D eigenvalue weighted by Crippen LogP contribution is 2.46. The first-order valence-electron chi connectivity index (χ1n) is 8.98. The van der Waals surface area contributed by atoms with E-state index in [0.717, 1.165) is 15.6 Å². The van der Waals surface area contributed by atoms with Crippen molar-refractivity contribution in [3.05, 3.63) is 94.5 Å². The van der Waals surface area contributed by atoms with Crippen molar-refractivity contribution in [2.24, 2.45) is 0 Å². The molecule has 0 saturated heterocycles. The van der Waals surface area contributed by atoms with Gasteiger partial charge in [0.1, 0.15) is 0 Å². The summed E-state index contributed by atoms with van der Waals surface area (Å²) in [7, 11) is 1.35. The molecule has 0 saturated carbocycles. The zero-order chi connectivity index (χ0) is 20.3. The van der Waals surface area contributed by atoms with Gasteiger partial charge in [0.15, 0.2) is 0 Å². The van der Waals surface area contributed by atoms with E-state index in [1.54, 1.807) is 18.2 Å². The molecule has 0 spiro atoms. The minimum absolute atomic E-state index is 0.0385. The van der Waals surface area contributed by atoms with Crippen LogP contribution in [0.15, 0.2) is 72.2 Å². The number of hydrogen-bond donors (Lipinski definition) is 0. The Balaban J connectivity index is 2.08. The summed E-state index contributed by atoms with van der Waals surface area (Å²) >= 11 is 3.47. The lowest BCUT2D eigenvalue weighted by atomic mass is 9.83. The molecule has 0 aromatic heterocycles. The van der Waals surface area contributed by atoms with Crippen LogP contribution in [0.5, 0.6) is 0 Å². The van der Waals surface area contributed by atoms with Crippen molar-refractivity contribution in [3.63, 3.8) is 0 Å². The fourth-order valence-corrected chi connectivity index (χ4v) is 4.27. The molecule has 0 radical (unpaired) electrons. The predicted octanol–water partition coefficient (Wildman–Crippen LogP) is 5.24. The maximum atomic E-state index is 13.3. The molecule has 144 valence electrons. The Morgan fingerprint density at radius 2 is 1.89 bits per heavy atom. The Kier molecular flexibility index (Phi) is 5.84. The average molecular weight is 440 g/mol. The number of halogens is 1. The monoisotopic (exact) mass is 439 g/mol. The molecule has 0 atom stereocenters. The number of rotatable bonds is 7. The Labute approximate surface area is 173 Å². The Morgan fingerprint density at radius 3 is 2.54 bits per heavy atom. The molecule has 0 N–H and O–H groups in total. The van der Waals surface area contributed by atoms with E-state index in [0.29, 0.717) is 30.5 Å². The smallest absolute Gasteiger partial charge is 0.337 e. The van der Waals surface area contributed by atoms with Crippen molar-refractivity contribution in [3.8, 4) is 0 Å². The summed E-state index contributed by atoms with van der Waals surface area (Å²) in [5.74, 6) is -0.436. The van der Waals surface area contributed by atoms with Gasteiger partial charge in [-0.15, -0.1) is 13.2 Å². The van der Waals surface area contributed by atoms with Crippen molar-refractivity contribution < 1.29 is 14.3 Å². The second-order valence-electron chi connectivity index (χ2n) is 6.79. The number of benzene rings is 2. The van der Waals surface area contributed by atoms with Gasteiger partial charge in [-0.05, 0) is 48.2 Å². The third-order valence-corrected chi connectivity index (χ3v) is 5.62. The predicted molar refractivity (Wildman–Crippen MR) is 113 cm³/mol. The fraction of sp³-hybridized carbons (Fsp3) is 0.217. The van der Waals surface area contributed by atoms with Gasteiger partial charge < -0.3 is 9.64 Å². The minimum Gasteiger partial charge on any atom is -0.465 e. The molecule has 2 aromatic rings. The van der Waals surface area contributed by atoms with Gasteiger partial charge in [0, 0.05) is 16.6 Å². The molecule has 0 fully saturated rings. The Hall–Kier alpha value is -2.66. The number of esters is 1. The summed E-state index contributed by atoms with van der Waals surface area (Å²) in [4.78, 5) is 27.1. The van der Waals surface area contributed by atoms with Crippen molar-refractivity contribution >= 4 is 27.8 Å². The van der Waals surface area contributed by atoms with Crippen LogP contribution < -0.4 is 0 Å². The van der Waals surface area contributed by atoms with E-state index in [4.69, 9.17) is 4.74 Å². The quantitative estimate of drug-likeness (QED) is 0.437. The van der Waals surface area contributed by atoms with E-state index in [1.165, 1.54) is 7.11 Å². The molecule has 0 aliphatic carbocycles. The molecule has 5 heteroatoms. The first-order valence-corrected chi connectivity index (χ1v) is 9.77. The number of ether oxygens (including phenoxy) is 1. The lowest BCUT2D eigenvalue weighted by molar-refractivity contribution is 0.0525. The fourth-order valence-electron chi connectivity index (χ4n) is 3.91. The second kappa shape index (κ2) is 8.15. The Morgan fingerprint density at radius 1 is 1.18 bits per heavy atom. The molecule has 3 rings (SSSR count). The number of fused-ring (bicyclic) bond motifs is 1. The van der Waals surface area contributed by atoms with Crippen LogP contribution in [0.4, 0.5) is 0 Å². The van der Waals surface area contributed by atoms with Crippen LogP contribution in [-0.4, -0.2) is 23.9 Å². The zero-order valence-electron chi connectivity index (χ0n) is 15.8. The van der Waals surface area contributed by atoms with Crippen LogP contribution in [0.25, 0.3) is 0 Å². The molecular weight excluding hydrogens is 418 g/mol. The van der Waals surface area contributed by atoms with E-state index in [2.05, 4.69) is 29.1 Å². The van der Waals surface area contributed by atoms with Gasteiger partial charge in [0.2, 0.25) is 0 Å². The molecule has 0 unspecified atom stereocenters. The summed E-state index contributed by atoms with van der Waals surface area (Å²) in [6.07, 6.45) is 4.89. The third kappa shape index (κ3) is 3.42. The molecule has 1 heterocycles. The van der Waals surface area contributed by atoms with Gasteiger partial charge >= 0.3 is 5.97 Å². The number of carbonyl (C=O) groups is 2. The Bertz CT molecular complexity index is 941. The van der Waals surface area contributed by atoms with Crippen molar-refractivity contribution in [1.82, 2.24) is 4.90 Å². The van der Waals surface area contributed by atoms with Crippen LogP contribution in [0.2, 0.25) is 0 Å². The SMILES string of the molecule is C=CCC1(CC=C)c2ccc(Br)cc2C(=O)N1Cc1cccc(C(=O)OC)c1. The lowest BCUT2D eigenvalue weighted by Gasteiger charge is -2.38. The largest absolute Gasteiger partial charge is 0.465 e. The molecule has 28 heavy (non-hydrogen) atoms. The van der Waals surface area contributed by atoms with E-state index in [-0.39, 0.29) is 5.91 Å².